The first-order chi connectivity index (χ1) is 19.2. The number of rotatable bonds is 3. The van der Waals surface area contributed by atoms with E-state index in [1.54, 1.807) is 0 Å². The minimum absolute atomic E-state index is 0.0210. The van der Waals surface area contributed by atoms with Crippen LogP contribution < -0.4 is 16.4 Å². The third-order valence-corrected chi connectivity index (χ3v) is 6.02. The van der Waals surface area contributed by atoms with Crippen molar-refractivity contribution in [3.05, 3.63) is 88.0 Å². The molecule has 43 heavy (non-hydrogen) atoms. The largest absolute Gasteiger partial charge is 0.415 e. The molecule has 0 aromatic heterocycles. The van der Waals surface area contributed by atoms with Gasteiger partial charge in [-0.15, -0.1) is 0 Å². The quantitative estimate of drug-likeness (QED) is 0.198. The standard InChI is InChI=1S/C24H9BF18/c26-19(27,28)10-4-1-5-11(20(29,30)31)16(10)25(17-12(21(32,33)34)6-2-7-13(17)22(35,36)37)18-14(23(38,39)40)8-3-9-15(18)24(41,42)43/h1-9H. The predicted molar refractivity (Wildman–Crippen MR) is 114 cm³/mol. The van der Waals surface area contributed by atoms with Crippen molar-refractivity contribution >= 4 is 23.1 Å². The number of benzene rings is 3. The zero-order valence-electron chi connectivity index (χ0n) is 20.1. The molecule has 0 N–H and O–H groups in total. The number of halogens is 18. The molecule has 0 aliphatic rings. The average Bonchev–Trinajstić information content (AvgIpc) is 2.80. The van der Waals surface area contributed by atoms with Crippen LogP contribution in [0.4, 0.5) is 79.0 Å². The lowest BCUT2D eigenvalue weighted by molar-refractivity contribution is -0.142. The predicted octanol–water partition coefficient (Wildman–Crippen LogP) is 8.32. The molecule has 0 radical (unpaired) electrons. The van der Waals surface area contributed by atoms with Gasteiger partial charge in [0.1, 0.15) is 0 Å². The van der Waals surface area contributed by atoms with Gasteiger partial charge in [0, 0.05) is 0 Å². The molecule has 0 bridgehead atoms. The number of hydrogen-bond acceptors (Lipinski definition) is 0. The molecular formula is C24H9BF18. The van der Waals surface area contributed by atoms with Gasteiger partial charge in [0.05, 0.1) is 33.4 Å². The average molecular weight is 650 g/mol. The molecule has 0 aliphatic carbocycles. The lowest BCUT2D eigenvalue weighted by atomic mass is 9.32. The van der Waals surface area contributed by atoms with Crippen molar-refractivity contribution in [1.82, 2.24) is 0 Å². The molecule has 19 heteroatoms. The van der Waals surface area contributed by atoms with E-state index >= 15 is 0 Å². The van der Waals surface area contributed by atoms with Crippen LogP contribution in [0.1, 0.15) is 33.4 Å². The van der Waals surface area contributed by atoms with E-state index in [0.717, 1.165) is 0 Å². The maximum atomic E-state index is 14.1. The second-order valence-electron chi connectivity index (χ2n) is 8.72. The monoisotopic (exact) mass is 650 g/mol. The Hall–Kier alpha value is -3.54. The fourth-order valence-corrected chi connectivity index (χ4v) is 4.54. The molecule has 3 rings (SSSR count). The van der Waals surface area contributed by atoms with Crippen LogP contribution in [0.3, 0.4) is 0 Å². The van der Waals surface area contributed by atoms with E-state index in [-0.39, 0.29) is 54.6 Å². The first kappa shape index (κ1) is 34.0. The third kappa shape index (κ3) is 6.84. The van der Waals surface area contributed by atoms with E-state index in [0.29, 0.717) is 0 Å². The molecule has 0 unspecified atom stereocenters. The number of alkyl halides is 18. The molecule has 0 aliphatic heterocycles. The van der Waals surface area contributed by atoms with E-state index in [1.807, 2.05) is 0 Å². The third-order valence-electron chi connectivity index (χ3n) is 6.02. The second-order valence-corrected chi connectivity index (χ2v) is 8.72. The van der Waals surface area contributed by atoms with Gasteiger partial charge < -0.3 is 0 Å². The molecule has 0 saturated heterocycles. The summed E-state index contributed by atoms with van der Waals surface area (Å²) in [5.74, 6) is 0. The fourth-order valence-electron chi connectivity index (χ4n) is 4.54. The van der Waals surface area contributed by atoms with Crippen molar-refractivity contribution < 1.29 is 79.0 Å². The van der Waals surface area contributed by atoms with E-state index in [2.05, 4.69) is 0 Å². The second kappa shape index (κ2) is 10.6. The van der Waals surface area contributed by atoms with E-state index < -0.39 is 93.5 Å². The topological polar surface area (TPSA) is 0 Å². The van der Waals surface area contributed by atoms with Gasteiger partial charge in [-0.05, 0) is 16.4 Å². The van der Waals surface area contributed by atoms with Crippen LogP contribution in [0, 0.1) is 0 Å². The Morgan fingerprint density at radius 2 is 0.419 bits per heavy atom. The van der Waals surface area contributed by atoms with Crippen LogP contribution >= 0.6 is 0 Å². The highest BCUT2D eigenvalue weighted by atomic mass is 19.4. The van der Waals surface area contributed by atoms with Crippen molar-refractivity contribution in [2.24, 2.45) is 0 Å². The SMILES string of the molecule is FC(F)(F)c1cccc(C(F)(F)F)c1B(c1c(C(F)(F)F)cccc1C(F)(F)F)c1c(C(F)(F)F)cccc1C(F)(F)F. The maximum absolute atomic E-state index is 14.1. The maximum Gasteiger partial charge on any atom is 0.415 e. The summed E-state index contributed by atoms with van der Waals surface area (Å²) in [7, 11) is 0. The smallest absolute Gasteiger partial charge is 0.166 e. The first-order valence-corrected chi connectivity index (χ1v) is 11.0. The molecule has 234 valence electrons. The summed E-state index contributed by atoms with van der Waals surface area (Å²) in [5, 5.41) is 0. The van der Waals surface area contributed by atoms with Gasteiger partial charge in [-0.25, -0.2) is 0 Å². The molecule has 0 heterocycles. The van der Waals surface area contributed by atoms with Crippen LogP contribution in [-0.4, -0.2) is 6.71 Å². The molecule has 0 fully saturated rings. The summed E-state index contributed by atoms with van der Waals surface area (Å²) < 4.78 is 254. The van der Waals surface area contributed by atoms with Crippen molar-refractivity contribution in [2.75, 3.05) is 0 Å². The minimum atomic E-state index is -6.15. The highest BCUT2D eigenvalue weighted by Crippen LogP contribution is 2.40. The van der Waals surface area contributed by atoms with Gasteiger partial charge in [-0.3, -0.25) is 0 Å². The zero-order valence-corrected chi connectivity index (χ0v) is 20.1. The Balaban J connectivity index is 2.90. The zero-order chi connectivity index (χ0) is 33.1. The van der Waals surface area contributed by atoms with Crippen LogP contribution in [0.2, 0.25) is 0 Å². The van der Waals surface area contributed by atoms with Crippen LogP contribution in [0.25, 0.3) is 0 Å². The Morgan fingerprint density at radius 3 is 0.535 bits per heavy atom. The van der Waals surface area contributed by atoms with Crippen LogP contribution in [-0.2, 0) is 37.1 Å². The van der Waals surface area contributed by atoms with Crippen molar-refractivity contribution in [3.63, 3.8) is 0 Å². The highest BCUT2D eigenvalue weighted by molar-refractivity contribution is 6.97. The van der Waals surface area contributed by atoms with Gasteiger partial charge >= 0.3 is 37.1 Å². The summed E-state index contributed by atoms with van der Waals surface area (Å²) in [5.41, 5.74) is -24.6. The first-order valence-electron chi connectivity index (χ1n) is 11.0. The molecule has 3 aromatic carbocycles. The Morgan fingerprint density at radius 1 is 0.279 bits per heavy atom. The van der Waals surface area contributed by atoms with Crippen molar-refractivity contribution in [1.29, 1.82) is 0 Å². The van der Waals surface area contributed by atoms with Crippen LogP contribution in [0.15, 0.2) is 54.6 Å². The Bertz CT molecular complexity index is 1210. The lowest BCUT2D eigenvalue weighted by Gasteiger charge is -2.31. The molecule has 0 amide bonds. The summed E-state index contributed by atoms with van der Waals surface area (Å²) in [6.07, 6.45) is -36.9. The van der Waals surface area contributed by atoms with Gasteiger partial charge in [0.25, 0.3) is 0 Å². The summed E-state index contributed by atoms with van der Waals surface area (Å²) in [6.45, 7) is -4.24. The van der Waals surface area contributed by atoms with Gasteiger partial charge in [-0.2, -0.15) is 79.0 Å². The molecular weight excluding hydrogens is 641 g/mol. The Kier molecular flexibility index (Phi) is 8.35. The minimum Gasteiger partial charge on any atom is -0.166 e. The normalized spacial score (nSPS) is 13.8. The van der Waals surface area contributed by atoms with Gasteiger partial charge in [-0.1, -0.05) is 54.6 Å². The van der Waals surface area contributed by atoms with E-state index in [4.69, 9.17) is 0 Å². The molecule has 3 aromatic rings. The Labute approximate surface area is 228 Å². The highest BCUT2D eigenvalue weighted by Gasteiger charge is 2.53. The van der Waals surface area contributed by atoms with Crippen molar-refractivity contribution in [3.8, 4) is 0 Å². The molecule has 0 saturated carbocycles. The molecule has 0 spiro atoms. The molecule has 0 atom stereocenters. The number of hydrogen-bond donors (Lipinski definition) is 0. The van der Waals surface area contributed by atoms with Crippen molar-refractivity contribution in [2.45, 2.75) is 37.1 Å². The summed E-state index contributed by atoms with van der Waals surface area (Å²) in [6, 6.07) is -2.04. The fraction of sp³-hybridized carbons (Fsp3) is 0.250. The lowest BCUT2D eigenvalue weighted by Crippen LogP contribution is -2.62. The van der Waals surface area contributed by atoms with Crippen LogP contribution in [0.5, 0.6) is 0 Å². The molecule has 0 nitrogen and oxygen atoms in total. The summed E-state index contributed by atoms with van der Waals surface area (Å²) in [4.78, 5) is 0. The van der Waals surface area contributed by atoms with Gasteiger partial charge in [0.2, 0.25) is 6.71 Å². The van der Waals surface area contributed by atoms with E-state index in [1.165, 1.54) is 0 Å². The van der Waals surface area contributed by atoms with E-state index in [9.17, 15) is 79.0 Å². The van der Waals surface area contributed by atoms with Gasteiger partial charge in [0.15, 0.2) is 0 Å². The summed E-state index contributed by atoms with van der Waals surface area (Å²) >= 11 is 0.